The molecule has 0 aromatic carbocycles. The Labute approximate surface area is 65.2 Å². The second-order valence-electron chi connectivity index (χ2n) is 3.52. The predicted molar refractivity (Wildman–Crippen MR) is 47.3 cm³/mol. The average Bonchev–Trinajstić information content (AvgIpc) is 1.84. The molecule has 10 heavy (non-hydrogen) atoms. The third-order valence-corrected chi connectivity index (χ3v) is 1.81. The van der Waals surface area contributed by atoms with E-state index in [1.807, 2.05) is 0 Å². The van der Waals surface area contributed by atoms with Crippen LogP contribution >= 0.6 is 0 Å². The van der Waals surface area contributed by atoms with Gasteiger partial charge in [0.05, 0.1) is 0 Å². The molecule has 0 bridgehead atoms. The summed E-state index contributed by atoms with van der Waals surface area (Å²) in [5, 5.41) is 3.46. The van der Waals surface area contributed by atoms with Crippen LogP contribution in [0.25, 0.3) is 0 Å². The maximum Gasteiger partial charge on any atom is 0.0125 e. The normalized spacial score (nSPS) is 12.0. The number of hydrogen-bond donors (Lipinski definition) is 1. The van der Waals surface area contributed by atoms with E-state index < -0.39 is 0 Å². The van der Waals surface area contributed by atoms with E-state index in [9.17, 15) is 0 Å². The minimum Gasteiger partial charge on any atom is -0.312 e. The van der Waals surface area contributed by atoms with Gasteiger partial charge in [0.25, 0.3) is 0 Å². The molecule has 62 valence electrons. The Bertz CT molecular complexity index is 76.8. The third-order valence-electron chi connectivity index (χ3n) is 1.81. The highest BCUT2D eigenvalue weighted by Crippen LogP contribution is 2.11. The summed E-state index contributed by atoms with van der Waals surface area (Å²) in [6.07, 6.45) is 3.92. The van der Waals surface area contributed by atoms with Crippen molar-refractivity contribution >= 4 is 0 Å². The van der Waals surface area contributed by atoms with Gasteiger partial charge in [-0.05, 0) is 26.8 Å². The predicted octanol–water partition coefficient (Wildman–Crippen LogP) is 2.56. The molecule has 0 aromatic heterocycles. The van der Waals surface area contributed by atoms with Crippen molar-refractivity contribution in [1.82, 2.24) is 5.32 Å². The maximum absolute atomic E-state index is 3.46. The second kappa shape index (κ2) is 4.73. The lowest BCUT2D eigenvalue weighted by molar-refractivity contribution is 0.360. The first kappa shape index (κ1) is 9.96. The van der Waals surface area contributed by atoms with Gasteiger partial charge >= 0.3 is 0 Å². The first-order valence-corrected chi connectivity index (χ1v) is 4.37. The third kappa shape index (κ3) is 4.80. The van der Waals surface area contributed by atoms with E-state index in [2.05, 4.69) is 33.0 Å². The number of rotatable bonds is 5. The summed E-state index contributed by atoms with van der Waals surface area (Å²) in [4.78, 5) is 0. The lowest BCUT2D eigenvalue weighted by Gasteiger charge is -2.25. The molecule has 0 saturated heterocycles. The van der Waals surface area contributed by atoms with Crippen LogP contribution in [0.3, 0.4) is 0 Å². The van der Waals surface area contributed by atoms with Gasteiger partial charge in [-0.1, -0.05) is 26.7 Å². The highest BCUT2D eigenvalue weighted by molar-refractivity contribution is 4.75. The molecular weight excluding hydrogens is 122 g/mol. The molecule has 1 nitrogen and oxygen atoms in total. The van der Waals surface area contributed by atoms with Crippen molar-refractivity contribution in [3.05, 3.63) is 0 Å². The maximum atomic E-state index is 3.46. The van der Waals surface area contributed by atoms with Crippen LogP contribution in [0.15, 0.2) is 0 Å². The number of unbranched alkanes of at least 4 members (excludes halogenated alkanes) is 1. The van der Waals surface area contributed by atoms with Crippen LogP contribution in [0, 0.1) is 0 Å². The second-order valence-corrected chi connectivity index (χ2v) is 3.52. The molecule has 0 spiro atoms. The summed E-state index contributed by atoms with van der Waals surface area (Å²) in [5.41, 5.74) is 0.352. The highest BCUT2D eigenvalue weighted by Gasteiger charge is 2.13. The van der Waals surface area contributed by atoms with Crippen LogP contribution in [0.2, 0.25) is 0 Å². The molecule has 0 aliphatic carbocycles. The largest absolute Gasteiger partial charge is 0.312 e. The van der Waals surface area contributed by atoms with Gasteiger partial charge in [0.2, 0.25) is 0 Å². The molecule has 0 rings (SSSR count). The number of hydrogen-bond acceptors (Lipinski definition) is 1. The summed E-state index contributed by atoms with van der Waals surface area (Å²) >= 11 is 0. The monoisotopic (exact) mass is 143 g/mol. The molecule has 0 aromatic rings. The van der Waals surface area contributed by atoms with Crippen molar-refractivity contribution in [3.63, 3.8) is 0 Å². The lowest BCUT2D eigenvalue weighted by atomic mass is 9.98. The summed E-state index contributed by atoms with van der Waals surface area (Å²) in [6, 6.07) is 0. The molecule has 0 fully saturated rings. The molecule has 0 aliphatic heterocycles. The summed E-state index contributed by atoms with van der Waals surface area (Å²) in [5.74, 6) is 0. The molecule has 0 saturated carbocycles. The van der Waals surface area contributed by atoms with E-state index in [0.29, 0.717) is 5.54 Å². The van der Waals surface area contributed by atoms with Crippen molar-refractivity contribution in [1.29, 1.82) is 0 Å². The van der Waals surface area contributed by atoms with Crippen molar-refractivity contribution in [2.75, 3.05) is 6.54 Å². The van der Waals surface area contributed by atoms with E-state index in [1.54, 1.807) is 0 Å². The van der Waals surface area contributed by atoms with Crippen LogP contribution in [0.1, 0.15) is 47.0 Å². The quantitative estimate of drug-likeness (QED) is 0.623. The molecular formula is C9H21N. The van der Waals surface area contributed by atoms with Crippen LogP contribution in [-0.4, -0.2) is 12.1 Å². The Morgan fingerprint density at radius 2 is 1.80 bits per heavy atom. The Balaban J connectivity index is 3.42. The molecule has 1 N–H and O–H groups in total. The van der Waals surface area contributed by atoms with Gasteiger partial charge in [-0.2, -0.15) is 0 Å². The Morgan fingerprint density at radius 1 is 1.20 bits per heavy atom. The fraction of sp³-hybridized carbons (Fsp3) is 1.00. The smallest absolute Gasteiger partial charge is 0.0125 e. The van der Waals surface area contributed by atoms with Crippen LogP contribution in [0.4, 0.5) is 0 Å². The highest BCUT2D eigenvalue weighted by atomic mass is 14.9. The van der Waals surface area contributed by atoms with E-state index in [0.717, 1.165) is 6.54 Å². The number of nitrogens with one attached hydrogen (secondary N) is 1. The van der Waals surface area contributed by atoms with Crippen LogP contribution in [-0.2, 0) is 0 Å². The van der Waals surface area contributed by atoms with Crippen LogP contribution < -0.4 is 5.32 Å². The molecule has 0 unspecified atom stereocenters. The zero-order chi connectivity index (χ0) is 8.04. The summed E-state index contributed by atoms with van der Waals surface area (Å²) in [7, 11) is 0. The van der Waals surface area contributed by atoms with E-state index in [1.165, 1.54) is 19.3 Å². The van der Waals surface area contributed by atoms with Crippen molar-refractivity contribution < 1.29 is 0 Å². The zero-order valence-electron chi connectivity index (χ0n) is 7.83. The Kier molecular flexibility index (Phi) is 4.71. The van der Waals surface area contributed by atoms with Gasteiger partial charge < -0.3 is 5.32 Å². The zero-order valence-corrected chi connectivity index (χ0v) is 7.83. The SMILES string of the molecule is CCCCC(C)(C)NCC. The lowest BCUT2D eigenvalue weighted by Crippen LogP contribution is -2.38. The minimum absolute atomic E-state index is 0.352. The molecule has 0 heterocycles. The first-order chi connectivity index (χ1) is 4.62. The van der Waals surface area contributed by atoms with Gasteiger partial charge in [0.1, 0.15) is 0 Å². The Morgan fingerprint density at radius 3 is 2.20 bits per heavy atom. The van der Waals surface area contributed by atoms with Gasteiger partial charge in [0, 0.05) is 5.54 Å². The van der Waals surface area contributed by atoms with Crippen molar-refractivity contribution in [2.24, 2.45) is 0 Å². The summed E-state index contributed by atoms with van der Waals surface area (Å²) in [6.45, 7) is 10.0. The fourth-order valence-electron chi connectivity index (χ4n) is 1.19. The standard InChI is InChI=1S/C9H21N/c1-5-7-8-9(3,4)10-6-2/h10H,5-8H2,1-4H3. The average molecular weight is 143 g/mol. The topological polar surface area (TPSA) is 12.0 Å². The van der Waals surface area contributed by atoms with Gasteiger partial charge in [-0.3, -0.25) is 0 Å². The van der Waals surface area contributed by atoms with Gasteiger partial charge in [-0.15, -0.1) is 0 Å². The minimum atomic E-state index is 0.352. The Hall–Kier alpha value is -0.0400. The van der Waals surface area contributed by atoms with E-state index in [-0.39, 0.29) is 0 Å². The van der Waals surface area contributed by atoms with E-state index in [4.69, 9.17) is 0 Å². The van der Waals surface area contributed by atoms with Gasteiger partial charge in [-0.25, -0.2) is 0 Å². The first-order valence-electron chi connectivity index (χ1n) is 4.37. The van der Waals surface area contributed by atoms with Crippen molar-refractivity contribution in [3.8, 4) is 0 Å². The fourth-order valence-corrected chi connectivity index (χ4v) is 1.19. The molecule has 0 atom stereocenters. The molecule has 1 heteroatoms. The molecule has 0 aliphatic rings. The van der Waals surface area contributed by atoms with Gasteiger partial charge in [0.15, 0.2) is 0 Å². The molecule has 0 amide bonds. The van der Waals surface area contributed by atoms with Crippen molar-refractivity contribution in [2.45, 2.75) is 52.5 Å². The molecule has 0 radical (unpaired) electrons. The summed E-state index contributed by atoms with van der Waals surface area (Å²) < 4.78 is 0. The van der Waals surface area contributed by atoms with E-state index >= 15 is 0 Å². The van der Waals surface area contributed by atoms with Crippen LogP contribution in [0.5, 0.6) is 0 Å².